The molecule has 0 aliphatic heterocycles. The van der Waals surface area contributed by atoms with Crippen LogP contribution < -0.4 is 0 Å². The smallest absolute Gasteiger partial charge is 0.235 e. The van der Waals surface area contributed by atoms with E-state index in [0.717, 1.165) is 22.5 Å². The van der Waals surface area contributed by atoms with Gasteiger partial charge < -0.3 is 0 Å². The minimum Gasteiger partial charge on any atom is -0.277 e. The molecule has 5 nitrogen and oxygen atoms in total. The maximum Gasteiger partial charge on any atom is 0.235 e. The van der Waals surface area contributed by atoms with Gasteiger partial charge in [-0.1, -0.05) is 42.5 Å². The fraction of sp³-hybridized carbons (Fsp3) is 0.133. The van der Waals surface area contributed by atoms with Gasteiger partial charge in [0.25, 0.3) is 0 Å². The van der Waals surface area contributed by atoms with Crippen LogP contribution in [0.5, 0.6) is 0 Å². The first-order valence-electron chi connectivity index (χ1n) is 6.37. The molecule has 0 fully saturated rings. The van der Waals surface area contributed by atoms with Crippen molar-refractivity contribution in [2.45, 2.75) is 12.5 Å². The Morgan fingerprint density at radius 3 is 2.85 bits per heavy atom. The van der Waals surface area contributed by atoms with Crippen LogP contribution in [-0.2, 0) is 0 Å². The van der Waals surface area contributed by atoms with E-state index in [0.29, 0.717) is 6.42 Å². The van der Waals surface area contributed by atoms with Crippen LogP contribution in [0.25, 0.3) is 16.8 Å². The Morgan fingerprint density at radius 2 is 2.10 bits per heavy atom. The van der Waals surface area contributed by atoms with Crippen molar-refractivity contribution in [1.29, 1.82) is 0 Å². The summed E-state index contributed by atoms with van der Waals surface area (Å²) in [6.45, 7) is 0. The zero-order valence-electron chi connectivity index (χ0n) is 10.7. The highest BCUT2D eigenvalue weighted by molar-refractivity contribution is 5.75. The molecule has 1 atom stereocenters. The van der Waals surface area contributed by atoms with E-state index in [-0.39, 0.29) is 4.92 Å². The third kappa shape index (κ3) is 2.38. The summed E-state index contributed by atoms with van der Waals surface area (Å²) >= 11 is 0. The second-order valence-corrected chi connectivity index (χ2v) is 4.65. The summed E-state index contributed by atoms with van der Waals surface area (Å²) in [6, 6.07) is 11.1. The Hall–Kier alpha value is -2.69. The third-order valence-electron chi connectivity index (χ3n) is 3.28. The van der Waals surface area contributed by atoms with Gasteiger partial charge in [0.2, 0.25) is 6.04 Å². The van der Waals surface area contributed by atoms with Gasteiger partial charge in [-0.3, -0.25) is 15.2 Å². The molecular formula is C15H13N3O2. The van der Waals surface area contributed by atoms with Gasteiger partial charge in [-0.15, -0.1) is 0 Å². The highest BCUT2D eigenvalue weighted by Gasteiger charge is 2.20. The zero-order chi connectivity index (χ0) is 13.9. The first kappa shape index (κ1) is 12.3. The first-order valence-corrected chi connectivity index (χ1v) is 6.37. The summed E-state index contributed by atoms with van der Waals surface area (Å²) in [6.07, 6.45) is 5.83. The van der Waals surface area contributed by atoms with E-state index in [4.69, 9.17) is 0 Å². The predicted octanol–water partition coefficient (Wildman–Crippen LogP) is 3.07. The molecule has 0 radical (unpaired) electrons. The van der Waals surface area contributed by atoms with Crippen LogP contribution in [0.2, 0.25) is 0 Å². The number of rotatable bonds is 3. The van der Waals surface area contributed by atoms with Crippen molar-refractivity contribution in [3.05, 3.63) is 70.4 Å². The van der Waals surface area contributed by atoms with Gasteiger partial charge in [-0.25, -0.2) is 0 Å². The number of nitrogens with one attached hydrogen (secondary N) is 1. The normalized spacial score (nSPS) is 17.8. The van der Waals surface area contributed by atoms with Crippen LogP contribution in [0.15, 0.2) is 54.6 Å². The lowest BCUT2D eigenvalue weighted by molar-refractivity contribution is -0.508. The van der Waals surface area contributed by atoms with E-state index in [1.807, 2.05) is 48.6 Å². The summed E-state index contributed by atoms with van der Waals surface area (Å²) in [4.78, 5) is 10.6. The molecule has 100 valence electrons. The van der Waals surface area contributed by atoms with Crippen molar-refractivity contribution in [2.75, 3.05) is 0 Å². The molecule has 0 bridgehead atoms. The highest BCUT2D eigenvalue weighted by atomic mass is 16.6. The van der Waals surface area contributed by atoms with Gasteiger partial charge in [0.15, 0.2) is 0 Å². The lowest BCUT2D eigenvalue weighted by Gasteiger charge is -2.08. The molecule has 1 unspecified atom stereocenters. The largest absolute Gasteiger partial charge is 0.277 e. The Morgan fingerprint density at radius 1 is 1.30 bits per heavy atom. The predicted molar refractivity (Wildman–Crippen MR) is 76.5 cm³/mol. The summed E-state index contributed by atoms with van der Waals surface area (Å²) in [5.41, 5.74) is 3.46. The van der Waals surface area contributed by atoms with Gasteiger partial charge in [0, 0.05) is 22.5 Å². The van der Waals surface area contributed by atoms with E-state index in [1.165, 1.54) is 0 Å². The fourth-order valence-electron chi connectivity index (χ4n) is 2.22. The lowest BCUT2D eigenvalue weighted by atomic mass is 10.0. The van der Waals surface area contributed by atoms with Crippen molar-refractivity contribution in [3.8, 4) is 11.3 Å². The third-order valence-corrected chi connectivity index (χ3v) is 3.28. The minimum absolute atomic E-state index is 0.266. The van der Waals surface area contributed by atoms with Gasteiger partial charge in [-0.2, -0.15) is 5.10 Å². The molecule has 0 amide bonds. The molecule has 1 N–H and O–H groups in total. The van der Waals surface area contributed by atoms with Crippen LogP contribution >= 0.6 is 0 Å². The van der Waals surface area contributed by atoms with Crippen molar-refractivity contribution < 1.29 is 4.92 Å². The van der Waals surface area contributed by atoms with E-state index in [9.17, 15) is 10.1 Å². The molecule has 3 rings (SSSR count). The number of nitrogens with zero attached hydrogens (tertiary/aromatic N) is 2. The molecule has 0 saturated heterocycles. The Kier molecular flexibility index (Phi) is 3.16. The van der Waals surface area contributed by atoms with E-state index >= 15 is 0 Å². The topological polar surface area (TPSA) is 71.8 Å². The van der Waals surface area contributed by atoms with Gasteiger partial charge >= 0.3 is 0 Å². The number of allylic oxidation sites excluding steroid dienone is 2. The first-order chi connectivity index (χ1) is 9.74. The molecule has 0 spiro atoms. The zero-order valence-corrected chi connectivity index (χ0v) is 10.7. The van der Waals surface area contributed by atoms with Crippen molar-refractivity contribution in [3.63, 3.8) is 0 Å². The van der Waals surface area contributed by atoms with Crippen molar-refractivity contribution >= 4 is 5.57 Å². The molecule has 1 aromatic carbocycles. The monoisotopic (exact) mass is 267 g/mol. The van der Waals surface area contributed by atoms with Crippen molar-refractivity contribution in [2.24, 2.45) is 0 Å². The maximum absolute atomic E-state index is 10.9. The molecule has 1 aliphatic carbocycles. The van der Waals surface area contributed by atoms with Gasteiger partial charge in [0.05, 0.1) is 11.4 Å². The standard InChI is InChI=1S/C15H13N3O2/c19-18(20)13-8-4-7-12(9-13)15-10-14(16-17-15)11-5-2-1-3-6-11/h1-7,9-10,13H,8H2,(H,16,17). The summed E-state index contributed by atoms with van der Waals surface area (Å²) in [5.74, 6) is 0. The second-order valence-electron chi connectivity index (χ2n) is 4.65. The average molecular weight is 267 g/mol. The van der Waals surface area contributed by atoms with Crippen LogP contribution in [0.3, 0.4) is 0 Å². The molecular weight excluding hydrogens is 254 g/mol. The Labute approximate surface area is 115 Å². The van der Waals surface area contributed by atoms with E-state index in [2.05, 4.69) is 10.2 Å². The van der Waals surface area contributed by atoms with Gasteiger partial charge in [-0.05, 0) is 12.1 Å². The number of nitro groups is 1. The minimum atomic E-state index is -0.654. The second kappa shape index (κ2) is 5.13. The number of benzene rings is 1. The Balaban J connectivity index is 1.91. The quantitative estimate of drug-likeness (QED) is 0.686. The number of H-pyrrole nitrogens is 1. The van der Waals surface area contributed by atoms with Crippen LogP contribution in [0, 0.1) is 10.1 Å². The summed E-state index contributed by atoms with van der Waals surface area (Å²) < 4.78 is 0. The van der Waals surface area contributed by atoms with Crippen LogP contribution in [-0.4, -0.2) is 21.2 Å². The van der Waals surface area contributed by atoms with Crippen molar-refractivity contribution in [1.82, 2.24) is 10.2 Å². The van der Waals surface area contributed by atoms with Crippen LogP contribution in [0.4, 0.5) is 0 Å². The lowest BCUT2D eigenvalue weighted by Crippen LogP contribution is -2.17. The molecule has 20 heavy (non-hydrogen) atoms. The fourth-order valence-corrected chi connectivity index (χ4v) is 2.22. The molecule has 2 aromatic rings. The van der Waals surface area contributed by atoms with E-state index in [1.54, 1.807) is 6.08 Å². The molecule has 1 aromatic heterocycles. The van der Waals surface area contributed by atoms with Crippen LogP contribution in [0.1, 0.15) is 12.1 Å². The molecule has 1 aliphatic rings. The highest BCUT2D eigenvalue weighted by Crippen LogP contribution is 2.25. The molecule has 0 saturated carbocycles. The molecule has 5 heteroatoms. The average Bonchev–Trinajstić information content (AvgIpc) is 2.98. The summed E-state index contributed by atoms with van der Waals surface area (Å²) in [5, 5.41) is 18.1. The number of aromatic amines is 1. The number of hydrogen-bond acceptors (Lipinski definition) is 3. The summed E-state index contributed by atoms with van der Waals surface area (Å²) in [7, 11) is 0. The SMILES string of the molecule is O=[N+]([O-])C1C=C(c2cc(-c3ccccc3)n[nH]2)C=CC1. The van der Waals surface area contributed by atoms with E-state index < -0.39 is 6.04 Å². The Bertz CT molecular complexity index is 686. The maximum atomic E-state index is 10.9. The van der Waals surface area contributed by atoms with Gasteiger partial charge in [0.1, 0.15) is 0 Å². The number of aromatic nitrogens is 2. The molecule has 1 heterocycles. The number of hydrogen-bond donors (Lipinski definition) is 1.